The summed E-state index contributed by atoms with van der Waals surface area (Å²) in [6.45, 7) is 8.37. The normalized spacial score (nSPS) is 13.2. The predicted octanol–water partition coefficient (Wildman–Crippen LogP) is 3.59. The molecule has 2 heteroatoms. The van der Waals surface area contributed by atoms with Gasteiger partial charge in [-0.1, -0.05) is 20.3 Å². The molecule has 0 fully saturated rings. The van der Waals surface area contributed by atoms with Gasteiger partial charge in [-0.2, -0.15) is 0 Å². The monoisotopic (exact) mass is 181 g/mol. The van der Waals surface area contributed by atoms with E-state index in [1.165, 1.54) is 12.8 Å². The molecule has 0 radical (unpaired) electrons. The molecule has 0 amide bonds. The van der Waals surface area contributed by atoms with Crippen molar-refractivity contribution in [1.29, 1.82) is 0 Å². The second-order valence-corrected chi connectivity index (χ2v) is 3.59. The fourth-order valence-electron chi connectivity index (χ4n) is 1.52. The molecule has 2 nitrogen and oxygen atoms in total. The second-order valence-electron chi connectivity index (χ2n) is 3.59. The van der Waals surface area contributed by atoms with E-state index in [0.29, 0.717) is 5.92 Å². The van der Waals surface area contributed by atoms with Gasteiger partial charge >= 0.3 is 0 Å². The second kappa shape index (κ2) is 4.45. The third-order valence-corrected chi connectivity index (χ3v) is 2.52. The summed E-state index contributed by atoms with van der Waals surface area (Å²) in [6, 6.07) is 0. The molecule has 0 spiro atoms. The van der Waals surface area contributed by atoms with Crippen LogP contribution in [-0.2, 0) is 0 Å². The Hall–Kier alpha value is -0.790. The number of aromatic nitrogens is 1. The summed E-state index contributed by atoms with van der Waals surface area (Å²) in [5.41, 5.74) is 1.03. The number of oxazole rings is 1. The molecular formula is C11H19NO. The predicted molar refractivity (Wildman–Crippen MR) is 53.9 cm³/mol. The maximum absolute atomic E-state index is 5.61. The van der Waals surface area contributed by atoms with Gasteiger partial charge in [-0.05, 0) is 26.7 Å². The van der Waals surface area contributed by atoms with Crippen molar-refractivity contribution < 1.29 is 4.42 Å². The molecule has 1 heterocycles. The highest BCUT2D eigenvalue weighted by Gasteiger charge is 2.15. The van der Waals surface area contributed by atoms with E-state index in [9.17, 15) is 0 Å². The number of hydrogen-bond donors (Lipinski definition) is 0. The van der Waals surface area contributed by atoms with Gasteiger partial charge in [-0.15, -0.1) is 0 Å². The van der Waals surface area contributed by atoms with Crippen LogP contribution in [0.25, 0.3) is 0 Å². The van der Waals surface area contributed by atoms with Gasteiger partial charge in [0.25, 0.3) is 0 Å². The molecule has 0 bridgehead atoms. The molecule has 1 aromatic rings. The number of hydrogen-bond acceptors (Lipinski definition) is 2. The van der Waals surface area contributed by atoms with Crippen LogP contribution in [0.1, 0.15) is 56.4 Å². The molecule has 1 unspecified atom stereocenters. The van der Waals surface area contributed by atoms with Crippen molar-refractivity contribution in [2.45, 2.75) is 52.9 Å². The van der Waals surface area contributed by atoms with Crippen LogP contribution in [0, 0.1) is 13.8 Å². The Balaban J connectivity index is 2.78. The van der Waals surface area contributed by atoms with Crippen molar-refractivity contribution in [3.8, 4) is 0 Å². The fourth-order valence-corrected chi connectivity index (χ4v) is 1.52. The minimum Gasteiger partial charge on any atom is -0.445 e. The minimum atomic E-state index is 0.511. The molecular weight excluding hydrogens is 162 g/mol. The Morgan fingerprint density at radius 2 is 2.00 bits per heavy atom. The van der Waals surface area contributed by atoms with Crippen molar-refractivity contribution in [1.82, 2.24) is 4.98 Å². The Morgan fingerprint density at radius 1 is 1.31 bits per heavy atom. The lowest BCUT2D eigenvalue weighted by Gasteiger charge is -2.07. The molecule has 0 aliphatic heterocycles. The zero-order valence-corrected chi connectivity index (χ0v) is 9.05. The largest absolute Gasteiger partial charge is 0.445 e. The van der Waals surface area contributed by atoms with E-state index in [2.05, 4.69) is 18.8 Å². The molecule has 1 aromatic heterocycles. The number of nitrogens with zero attached hydrogens (tertiary/aromatic N) is 1. The van der Waals surface area contributed by atoms with E-state index in [-0.39, 0.29) is 0 Å². The summed E-state index contributed by atoms with van der Waals surface area (Å²) in [7, 11) is 0. The first-order chi connectivity index (χ1) is 6.19. The van der Waals surface area contributed by atoms with Gasteiger partial charge in [-0.3, -0.25) is 0 Å². The van der Waals surface area contributed by atoms with Crippen LogP contribution in [0.4, 0.5) is 0 Å². The van der Waals surface area contributed by atoms with Gasteiger partial charge in [0.15, 0.2) is 5.89 Å². The Morgan fingerprint density at radius 3 is 2.38 bits per heavy atom. The Bertz CT molecular complexity index is 246. The summed E-state index contributed by atoms with van der Waals surface area (Å²) in [5, 5.41) is 0. The van der Waals surface area contributed by atoms with E-state index >= 15 is 0 Å². The van der Waals surface area contributed by atoms with Crippen LogP contribution in [0.5, 0.6) is 0 Å². The van der Waals surface area contributed by atoms with Crippen LogP contribution >= 0.6 is 0 Å². The van der Waals surface area contributed by atoms with Crippen molar-refractivity contribution in [2.24, 2.45) is 0 Å². The average molecular weight is 181 g/mol. The highest BCUT2D eigenvalue weighted by molar-refractivity contribution is 5.07. The van der Waals surface area contributed by atoms with E-state index in [1.807, 2.05) is 13.8 Å². The first kappa shape index (κ1) is 10.3. The highest BCUT2D eigenvalue weighted by Crippen LogP contribution is 2.25. The first-order valence-corrected chi connectivity index (χ1v) is 5.12. The molecule has 13 heavy (non-hydrogen) atoms. The van der Waals surface area contributed by atoms with Crippen molar-refractivity contribution in [3.05, 3.63) is 17.3 Å². The lowest BCUT2D eigenvalue weighted by atomic mass is 10.0. The molecule has 0 aliphatic rings. The van der Waals surface area contributed by atoms with Crippen LogP contribution in [0.15, 0.2) is 4.42 Å². The van der Waals surface area contributed by atoms with Crippen LogP contribution in [-0.4, -0.2) is 4.98 Å². The quantitative estimate of drug-likeness (QED) is 0.709. The average Bonchev–Trinajstić information content (AvgIpc) is 2.43. The molecule has 0 saturated carbocycles. The Labute approximate surface area is 80.4 Å². The topological polar surface area (TPSA) is 26.0 Å². The van der Waals surface area contributed by atoms with Crippen molar-refractivity contribution >= 4 is 0 Å². The fraction of sp³-hybridized carbons (Fsp3) is 0.727. The van der Waals surface area contributed by atoms with Gasteiger partial charge in [0.2, 0.25) is 0 Å². The molecule has 0 saturated heterocycles. The minimum absolute atomic E-state index is 0.511. The van der Waals surface area contributed by atoms with Gasteiger partial charge < -0.3 is 4.42 Å². The van der Waals surface area contributed by atoms with E-state index in [1.54, 1.807) is 0 Å². The summed E-state index contributed by atoms with van der Waals surface area (Å²) < 4.78 is 5.61. The zero-order valence-electron chi connectivity index (χ0n) is 9.05. The summed E-state index contributed by atoms with van der Waals surface area (Å²) in [6.07, 6.45) is 3.49. The molecule has 74 valence electrons. The number of rotatable bonds is 4. The van der Waals surface area contributed by atoms with Crippen molar-refractivity contribution in [3.63, 3.8) is 0 Å². The lowest BCUT2D eigenvalue weighted by Crippen LogP contribution is -1.96. The third kappa shape index (κ3) is 2.33. The van der Waals surface area contributed by atoms with Crippen LogP contribution < -0.4 is 0 Å². The molecule has 0 aliphatic carbocycles. The van der Waals surface area contributed by atoms with Crippen LogP contribution in [0.3, 0.4) is 0 Å². The maximum atomic E-state index is 5.61. The molecule has 1 atom stereocenters. The smallest absolute Gasteiger partial charge is 0.197 e. The van der Waals surface area contributed by atoms with Crippen LogP contribution in [0.2, 0.25) is 0 Å². The lowest BCUT2D eigenvalue weighted by molar-refractivity contribution is 0.407. The SMILES string of the molecule is CCCC(CC)c1nc(C)c(C)o1. The summed E-state index contributed by atoms with van der Waals surface area (Å²) in [5.74, 6) is 2.40. The van der Waals surface area contributed by atoms with E-state index in [0.717, 1.165) is 23.8 Å². The van der Waals surface area contributed by atoms with Crippen molar-refractivity contribution in [2.75, 3.05) is 0 Å². The maximum Gasteiger partial charge on any atom is 0.197 e. The standard InChI is InChI=1S/C11H19NO/c1-5-7-10(6-2)11-12-8(3)9(4)13-11/h10H,5-7H2,1-4H3. The Kier molecular flexibility index (Phi) is 3.52. The van der Waals surface area contributed by atoms with E-state index in [4.69, 9.17) is 4.42 Å². The van der Waals surface area contributed by atoms with Gasteiger partial charge in [0, 0.05) is 5.92 Å². The first-order valence-electron chi connectivity index (χ1n) is 5.12. The van der Waals surface area contributed by atoms with Gasteiger partial charge in [-0.25, -0.2) is 4.98 Å². The summed E-state index contributed by atoms with van der Waals surface area (Å²) in [4.78, 5) is 4.43. The molecule has 0 N–H and O–H groups in total. The highest BCUT2D eigenvalue weighted by atomic mass is 16.4. The zero-order chi connectivity index (χ0) is 9.84. The molecule has 0 aromatic carbocycles. The van der Waals surface area contributed by atoms with Gasteiger partial charge in [0.05, 0.1) is 5.69 Å². The molecule has 1 rings (SSSR count). The van der Waals surface area contributed by atoms with Gasteiger partial charge in [0.1, 0.15) is 5.76 Å². The third-order valence-electron chi connectivity index (χ3n) is 2.52. The van der Waals surface area contributed by atoms with E-state index < -0.39 is 0 Å². The summed E-state index contributed by atoms with van der Waals surface area (Å²) >= 11 is 0. The number of aryl methyl sites for hydroxylation is 2.